The quantitative estimate of drug-likeness (QED) is 0.384. The van der Waals surface area contributed by atoms with Gasteiger partial charge in [-0.25, -0.2) is 0 Å². The minimum atomic E-state index is -0.334. The van der Waals surface area contributed by atoms with Crippen molar-refractivity contribution in [1.29, 1.82) is 0 Å². The van der Waals surface area contributed by atoms with Crippen molar-refractivity contribution < 1.29 is 14.3 Å². The Morgan fingerprint density at radius 1 is 1.06 bits per heavy atom. The topological polar surface area (TPSA) is 79.4 Å². The van der Waals surface area contributed by atoms with Crippen LogP contribution < -0.4 is 5.32 Å². The zero-order valence-corrected chi connectivity index (χ0v) is 20.5. The van der Waals surface area contributed by atoms with Crippen LogP contribution in [0.25, 0.3) is 32.3 Å². The molecule has 2 N–H and O–H groups in total. The molecule has 6 rings (SSSR count). The number of aromatic amines is 1. The lowest BCUT2D eigenvalue weighted by molar-refractivity contribution is -0.122. The molecule has 1 aromatic carbocycles. The summed E-state index contributed by atoms with van der Waals surface area (Å²) in [6, 6.07) is 10.2. The van der Waals surface area contributed by atoms with E-state index in [9.17, 15) is 9.59 Å². The number of piperidine rings is 1. The predicted octanol–water partition coefficient (Wildman–Crippen LogP) is 4.11. The summed E-state index contributed by atoms with van der Waals surface area (Å²) < 4.78 is 8.50. The van der Waals surface area contributed by atoms with Crippen LogP contribution in [0.2, 0.25) is 0 Å². The summed E-state index contributed by atoms with van der Waals surface area (Å²) >= 11 is 1.57. The van der Waals surface area contributed by atoms with E-state index in [1.54, 1.807) is 18.4 Å². The Bertz CT molecular complexity index is 1450. The fourth-order valence-electron chi connectivity index (χ4n) is 5.49. The van der Waals surface area contributed by atoms with Crippen LogP contribution in [0.5, 0.6) is 0 Å². The molecule has 180 valence electrons. The lowest BCUT2D eigenvalue weighted by Gasteiger charge is -2.32. The molecule has 2 aliphatic rings. The Kier molecular flexibility index (Phi) is 5.80. The average Bonchev–Trinajstić information content (AvgIpc) is 3.62. The third-order valence-electron chi connectivity index (χ3n) is 7.31. The van der Waals surface area contributed by atoms with E-state index >= 15 is 0 Å². The van der Waals surface area contributed by atoms with Crippen molar-refractivity contribution >= 4 is 55.4 Å². The maximum Gasteiger partial charge on any atom is 0.259 e. The first-order chi connectivity index (χ1) is 17.1. The number of benzene rings is 1. The third kappa shape index (κ3) is 3.91. The minimum Gasteiger partial charge on any atom is -0.383 e. The summed E-state index contributed by atoms with van der Waals surface area (Å²) in [5.41, 5.74) is 4.60. The van der Waals surface area contributed by atoms with E-state index in [0.717, 1.165) is 77.9 Å². The van der Waals surface area contributed by atoms with E-state index in [0.29, 0.717) is 17.1 Å². The van der Waals surface area contributed by atoms with E-state index in [2.05, 4.69) is 32.0 Å². The second kappa shape index (κ2) is 9.11. The molecule has 7 nitrogen and oxygen atoms in total. The van der Waals surface area contributed by atoms with Gasteiger partial charge in [0.25, 0.3) is 11.8 Å². The highest BCUT2D eigenvalue weighted by Crippen LogP contribution is 2.39. The normalized spacial score (nSPS) is 17.9. The molecule has 0 spiro atoms. The fraction of sp³-hybridized carbons (Fsp3) is 0.333. The van der Waals surface area contributed by atoms with Crippen molar-refractivity contribution in [2.45, 2.75) is 19.4 Å². The molecular weight excluding hydrogens is 460 g/mol. The first-order valence-corrected chi connectivity index (χ1v) is 13.0. The number of thiophene rings is 1. The van der Waals surface area contributed by atoms with Crippen LogP contribution in [0.1, 0.15) is 24.0 Å². The first-order valence-electron chi connectivity index (χ1n) is 12.1. The SMILES string of the molecule is COCCN1CCC(Cn2cc(C3=C(c4c[nH]c5ccsc45)C(=O)NC3=O)c3ccccc32)CC1. The van der Waals surface area contributed by atoms with Gasteiger partial charge in [0.05, 0.1) is 28.0 Å². The lowest BCUT2D eigenvalue weighted by atomic mass is 9.96. The van der Waals surface area contributed by atoms with Crippen LogP contribution in [0.3, 0.4) is 0 Å². The Morgan fingerprint density at radius 3 is 2.63 bits per heavy atom. The molecule has 3 aromatic heterocycles. The number of carbonyl (C=O) groups excluding carboxylic acids is 2. The Labute approximate surface area is 207 Å². The van der Waals surface area contributed by atoms with E-state index in [1.807, 2.05) is 35.8 Å². The van der Waals surface area contributed by atoms with Gasteiger partial charge in [0.15, 0.2) is 0 Å². The molecule has 0 bridgehead atoms. The predicted molar refractivity (Wildman–Crippen MR) is 139 cm³/mol. The van der Waals surface area contributed by atoms with Crippen molar-refractivity contribution in [2.75, 3.05) is 33.4 Å². The van der Waals surface area contributed by atoms with Gasteiger partial charge < -0.3 is 19.2 Å². The molecule has 8 heteroatoms. The van der Waals surface area contributed by atoms with Crippen molar-refractivity contribution in [3.05, 3.63) is 59.2 Å². The lowest BCUT2D eigenvalue weighted by Crippen LogP contribution is -2.36. The monoisotopic (exact) mass is 488 g/mol. The van der Waals surface area contributed by atoms with Gasteiger partial charge in [0.1, 0.15) is 0 Å². The number of hydrogen-bond acceptors (Lipinski definition) is 5. The number of nitrogens with zero attached hydrogens (tertiary/aromatic N) is 2. The number of aromatic nitrogens is 2. The smallest absolute Gasteiger partial charge is 0.259 e. The molecule has 0 aliphatic carbocycles. The highest BCUT2D eigenvalue weighted by molar-refractivity contribution is 7.17. The van der Waals surface area contributed by atoms with Gasteiger partial charge in [-0.3, -0.25) is 14.9 Å². The summed E-state index contributed by atoms with van der Waals surface area (Å²) in [6.45, 7) is 4.81. The van der Waals surface area contributed by atoms with E-state index < -0.39 is 0 Å². The van der Waals surface area contributed by atoms with Crippen LogP contribution in [-0.4, -0.2) is 59.6 Å². The number of imide groups is 1. The first kappa shape index (κ1) is 22.3. The fourth-order valence-corrected chi connectivity index (χ4v) is 6.37. The number of carbonyl (C=O) groups is 2. The number of rotatable bonds is 7. The zero-order chi connectivity index (χ0) is 23.9. The Balaban J connectivity index is 1.38. The molecule has 35 heavy (non-hydrogen) atoms. The highest BCUT2D eigenvalue weighted by atomic mass is 32.1. The van der Waals surface area contributed by atoms with Crippen LogP contribution in [0, 0.1) is 5.92 Å². The van der Waals surface area contributed by atoms with Crippen LogP contribution in [0.15, 0.2) is 48.1 Å². The zero-order valence-electron chi connectivity index (χ0n) is 19.7. The maximum absolute atomic E-state index is 13.1. The van der Waals surface area contributed by atoms with Crippen LogP contribution >= 0.6 is 11.3 Å². The van der Waals surface area contributed by atoms with Gasteiger partial charge in [-0.2, -0.15) is 0 Å². The summed E-state index contributed by atoms with van der Waals surface area (Å²) in [6.07, 6.45) is 6.19. The average molecular weight is 489 g/mol. The van der Waals surface area contributed by atoms with Crippen LogP contribution in [-0.2, 0) is 20.9 Å². The van der Waals surface area contributed by atoms with E-state index in [4.69, 9.17) is 4.74 Å². The molecule has 4 aromatic rings. The molecule has 1 fully saturated rings. The number of hydrogen-bond donors (Lipinski definition) is 2. The summed E-state index contributed by atoms with van der Waals surface area (Å²) in [7, 11) is 1.75. The number of H-pyrrole nitrogens is 1. The molecular formula is C27H28N4O3S. The summed E-state index contributed by atoms with van der Waals surface area (Å²) in [5.74, 6) is -0.0924. The number of para-hydroxylation sites is 1. The summed E-state index contributed by atoms with van der Waals surface area (Å²) in [4.78, 5) is 31.8. The molecule has 5 heterocycles. The second-order valence-electron chi connectivity index (χ2n) is 9.39. The number of methoxy groups -OCH3 is 1. The van der Waals surface area contributed by atoms with Crippen molar-refractivity contribution in [3.8, 4) is 0 Å². The maximum atomic E-state index is 13.1. The van der Waals surface area contributed by atoms with Crippen molar-refractivity contribution in [3.63, 3.8) is 0 Å². The van der Waals surface area contributed by atoms with Gasteiger partial charge in [0.2, 0.25) is 0 Å². The van der Waals surface area contributed by atoms with Crippen molar-refractivity contribution in [2.24, 2.45) is 5.92 Å². The molecule has 0 saturated carbocycles. The van der Waals surface area contributed by atoms with Gasteiger partial charge in [-0.15, -0.1) is 11.3 Å². The molecule has 0 atom stereocenters. The molecule has 1 saturated heterocycles. The van der Waals surface area contributed by atoms with E-state index in [1.165, 1.54) is 0 Å². The van der Waals surface area contributed by atoms with Gasteiger partial charge >= 0.3 is 0 Å². The number of ether oxygens (including phenoxy) is 1. The molecule has 2 aliphatic heterocycles. The highest BCUT2D eigenvalue weighted by Gasteiger charge is 2.35. The summed E-state index contributed by atoms with van der Waals surface area (Å²) in [5, 5.41) is 5.54. The molecule has 0 radical (unpaired) electrons. The van der Waals surface area contributed by atoms with Crippen LogP contribution in [0.4, 0.5) is 0 Å². The molecule has 0 unspecified atom stereocenters. The Hall–Kier alpha value is -3.20. The standard InChI is InChI=1S/C27H28N4O3S/c1-34-12-11-30-9-6-17(7-10-30)15-31-16-20(18-4-2-3-5-22(18)31)24-23(26(32)29-27(24)33)19-14-28-21-8-13-35-25(19)21/h2-5,8,13-14,16-17,28H,6-7,9-12,15H2,1H3,(H,29,32,33). The van der Waals surface area contributed by atoms with Gasteiger partial charge in [-0.1, -0.05) is 18.2 Å². The number of likely N-dealkylation sites (tertiary alicyclic amines) is 1. The van der Waals surface area contributed by atoms with Gasteiger partial charge in [0, 0.05) is 54.6 Å². The molecule has 2 amide bonds. The number of fused-ring (bicyclic) bond motifs is 2. The number of amides is 2. The largest absolute Gasteiger partial charge is 0.383 e. The minimum absolute atomic E-state index is 0.328. The second-order valence-corrected chi connectivity index (χ2v) is 10.3. The van der Waals surface area contributed by atoms with E-state index in [-0.39, 0.29) is 11.8 Å². The number of nitrogens with one attached hydrogen (secondary N) is 2. The Morgan fingerprint density at radius 2 is 1.83 bits per heavy atom. The third-order valence-corrected chi connectivity index (χ3v) is 8.26. The van der Waals surface area contributed by atoms with Gasteiger partial charge in [-0.05, 0) is 49.4 Å². The van der Waals surface area contributed by atoms with Crippen molar-refractivity contribution in [1.82, 2.24) is 19.8 Å².